The first-order valence-corrected chi connectivity index (χ1v) is 8.34. The lowest BCUT2D eigenvalue weighted by molar-refractivity contribution is -0.697. The van der Waals surface area contributed by atoms with Crippen LogP contribution < -0.4 is 4.57 Å². The minimum Gasteiger partial charge on any atom is -0.205 e. The zero-order chi connectivity index (χ0) is 14.8. The third-order valence-corrected chi connectivity index (χ3v) is 3.98. The Balaban J connectivity index is 1.47. The Labute approximate surface area is 129 Å². The zero-order valence-electron chi connectivity index (χ0n) is 13.3. The van der Waals surface area contributed by atoms with E-state index in [1.165, 1.54) is 56.1 Å². The van der Waals surface area contributed by atoms with Crippen LogP contribution in [-0.4, -0.2) is 0 Å². The molecule has 2 rings (SSSR count). The first kappa shape index (κ1) is 15.8. The highest BCUT2D eigenvalue weighted by Gasteiger charge is 2.00. The Hall–Kier alpha value is -1.63. The molecule has 1 aromatic carbocycles. The molecule has 2 aromatic rings. The largest absolute Gasteiger partial charge is 0.205 e. The molecule has 0 saturated heterocycles. The van der Waals surface area contributed by atoms with E-state index < -0.39 is 0 Å². The maximum atomic E-state index is 2.31. The van der Waals surface area contributed by atoms with Crippen molar-refractivity contribution < 1.29 is 4.57 Å². The van der Waals surface area contributed by atoms with Crippen LogP contribution >= 0.6 is 0 Å². The van der Waals surface area contributed by atoms with Gasteiger partial charge >= 0.3 is 0 Å². The molecule has 0 atom stereocenters. The van der Waals surface area contributed by atoms with E-state index in [0.717, 1.165) is 6.54 Å². The zero-order valence-corrected chi connectivity index (χ0v) is 13.3. The Morgan fingerprint density at radius 3 is 2.24 bits per heavy atom. The molecule has 0 bridgehead atoms. The van der Waals surface area contributed by atoms with Crippen molar-refractivity contribution in [2.24, 2.45) is 0 Å². The molecule has 0 aliphatic heterocycles. The molecule has 1 heteroatoms. The van der Waals surface area contributed by atoms with Gasteiger partial charge in [0, 0.05) is 18.1 Å². The monoisotopic (exact) mass is 282 g/mol. The number of aryl methyl sites for hydroxylation is 3. The number of aromatic nitrogens is 1. The van der Waals surface area contributed by atoms with Crippen LogP contribution in [0.25, 0.3) is 0 Å². The van der Waals surface area contributed by atoms with Crippen molar-refractivity contribution in [2.45, 2.75) is 58.4 Å². The topological polar surface area (TPSA) is 3.88 Å². The van der Waals surface area contributed by atoms with E-state index in [1.54, 1.807) is 0 Å². The van der Waals surface area contributed by atoms with Crippen molar-refractivity contribution in [1.29, 1.82) is 0 Å². The van der Waals surface area contributed by atoms with Crippen LogP contribution in [0.4, 0.5) is 0 Å². The van der Waals surface area contributed by atoms with E-state index in [9.17, 15) is 0 Å². The van der Waals surface area contributed by atoms with Gasteiger partial charge in [-0.25, -0.2) is 4.57 Å². The van der Waals surface area contributed by atoms with Gasteiger partial charge in [0.25, 0.3) is 0 Å². The number of hydrogen-bond acceptors (Lipinski definition) is 0. The molecule has 112 valence electrons. The number of pyridine rings is 1. The van der Waals surface area contributed by atoms with Crippen LogP contribution in [0.2, 0.25) is 0 Å². The summed E-state index contributed by atoms with van der Waals surface area (Å²) in [4.78, 5) is 0. The van der Waals surface area contributed by atoms with Gasteiger partial charge in [-0.3, -0.25) is 0 Å². The van der Waals surface area contributed by atoms with Gasteiger partial charge in [-0.05, 0) is 37.8 Å². The van der Waals surface area contributed by atoms with E-state index in [-0.39, 0.29) is 0 Å². The van der Waals surface area contributed by atoms with Gasteiger partial charge < -0.3 is 0 Å². The van der Waals surface area contributed by atoms with Crippen LogP contribution in [-0.2, 0) is 13.0 Å². The van der Waals surface area contributed by atoms with Crippen molar-refractivity contribution >= 4 is 0 Å². The number of hydrogen-bond donors (Lipinski definition) is 0. The molecular formula is C20H28N+. The summed E-state index contributed by atoms with van der Waals surface area (Å²) in [6, 6.07) is 15.1. The molecule has 1 nitrogen and oxygen atoms in total. The molecule has 0 aliphatic rings. The van der Waals surface area contributed by atoms with Crippen molar-refractivity contribution in [1.82, 2.24) is 0 Å². The molecule has 0 amide bonds. The van der Waals surface area contributed by atoms with Crippen LogP contribution in [0.5, 0.6) is 0 Å². The highest BCUT2D eigenvalue weighted by atomic mass is 14.9. The average Bonchev–Trinajstić information content (AvgIpc) is 2.51. The highest BCUT2D eigenvalue weighted by molar-refractivity contribution is 5.14. The number of benzene rings is 1. The number of unbranched alkanes of at least 4 members (excludes halogenated alkanes) is 5. The quantitative estimate of drug-likeness (QED) is 0.456. The predicted octanol–water partition coefficient (Wildman–Crippen LogP) is 4.87. The molecule has 21 heavy (non-hydrogen) atoms. The van der Waals surface area contributed by atoms with Crippen LogP contribution in [0.1, 0.15) is 49.7 Å². The first-order chi connectivity index (χ1) is 10.3. The fourth-order valence-corrected chi connectivity index (χ4v) is 2.77. The molecule has 0 N–H and O–H groups in total. The second-order valence-corrected chi connectivity index (χ2v) is 5.98. The standard InChI is InChI=1S/C20H28N/c1-19-12-11-17-21(18-19)16-10-5-3-2-4-7-13-20-14-8-6-9-15-20/h6,8-9,11-12,14-15,17-18H,2-5,7,10,13,16H2,1H3/q+1. The fraction of sp³-hybridized carbons (Fsp3) is 0.450. The van der Waals surface area contributed by atoms with E-state index in [1.807, 2.05) is 0 Å². The molecule has 0 fully saturated rings. The van der Waals surface area contributed by atoms with Crippen LogP contribution in [0.15, 0.2) is 54.9 Å². The summed E-state index contributed by atoms with van der Waals surface area (Å²) in [5.41, 5.74) is 2.83. The van der Waals surface area contributed by atoms with Crippen molar-refractivity contribution in [3.05, 3.63) is 66.0 Å². The summed E-state index contributed by atoms with van der Waals surface area (Å²) in [6.45, 7) is 3.31. The minimum absolute atomic E-state index is 1.16. The lowest BCUT2D eigenvalue weighted by atomic mass is 10.0. The second kappa shape index (κ2) is 9.33. The van der Waals surface area contributed by atoms with Crippen molar-refractivity contribution in [3.63, 3.8) is 0 Å². The fourth-order valence-electron chi connectivity index (χ4n) is 2.77. The third-order valence-electron chi connectivity index (χ3n) is 3.98. The summed E-state index contributed by atoms with van der Waals surface area (Å²) in [7, 11) is 0. The molecular weight excluding hydrogens is 254 g/mol. The van der Waals surface area contributed by atoms with E-state index in [2.05, 4.69) is 66.3 Å². The van der Waals surface area contributed by atoms with E-state index >= 15 is 0 Å². The molecule has 0 spiro atoms. The first-order valence-electron chi connectivity index (χ1n) is 8.34. The van der Waals surface area contributed by atoms with E-state index in [4.69, 9.17) is 0 Å². The summed E-state index contributed by atoms with van der Waals surface area (Å²) >= 11 is 0. The number of rotatable bonds is 9. The van der Waals surface area contributed by atoms with Crippen LogP contribution in [0, 0.1) is 6.92 Å². The average molecular weight is 282 g/mol. The second-order valence-electron chi connectivity index (χ2n) is 5.98. The Bertz CT molecular complexity index is 504. The summed E-state index contributed by atoms with van der Waals surface area (Å²) in [5, 5.41) is 0. The number of nitrogens with zero attached hydrogens (tertiary/aromatic N) is 1. The molecule has 1 heterocycles. The molecule has 0 radical (unpaired) electrons. The lowest BCUT2D eigenvalue weighted by Gasteiger charge is -2.02. The van der Waals surface area contributed by atoms with Crippen molar-refractivity contribution in [2.75, 3.05) is 0 Å². The Kier molecular flexibility index (Phi) is 7.00. The summed E-state index contributed by atoms with van der Waals surface area (Å²) in [6.07, 6.45) is 13.8. The Morgan fingerprint density at radius 2 is 1.48 bits per heavy atom. The SMILES string of the molecule is Cc1ccc[n+](CCCCCCCCc2ccccc2)c1. The molecule has 0 aliphatic carbocycles. The van der Waals surface area contributed by atoms with Gasteiger partial charge in [0.15, 0.2) is 12.4 Å². The smallest absolute Gasteiger partial charge is 0.171 e. The van der Waals surface area contributed by atoms with Gasteiger partial charge in [-0.1, -0.05) is 49.6 Å². The van der Waals surface area contributed by atoms with Gasteiger partial charge in [-0.15, -0.1) is 0 Å². The van der Waals surface area contributed by atoms with Gasteiger partial charge in [-0.2, -0.15) is 0 Å². The van der Waals surface area contributed by atoms with Gasteiger partial charge in [0.05, 0.1) is 0 Å². The summed E-state index contributed by atoms with van der Waals surface area (Å²) < 4.78 is 2.31. The summed E-state index contributed by atoms with van der Waals surface area (Å²) in [5.74, 6) is 0. The van der Waals surface area contributed by atoms with Gasteiger partial charge in [0.2, 0.25) is 0 Å². The minimum atomic E-state index is 1.16. The predicted molar refractivity (Wildman–Crippen MR) is 89.2 cm³/mol. The Morgan fingerprint density at radius 1 is 0.762 bits per heavy atom. The maximum absolute atomic E-state index is 2.31. The van der Waals surface area contributed by atoms with Gasteiger partial charge in [0.1, 0.15) is 6.54 Å². The molecule has 1 aromatic heterocycles. The van der Waals surface area contributed by atoms with Crippen molar-refractivity contribution in [3.8, 4) is 0 Å². The highest BCUT2D eigenvalue weighted by Crippen LogP contribution is 2.09. The third kappa shape index (κ3) is 6.57. The molecule has 0 saturated carbocycles. The maximum Gasteiger partial charge on any atom is 0.171 e. The van der Waals surface area contributed by atoms with E-state index in [0.29, 0.717) is 0 Å². The van der Waals surface area contributed by atoms with Crippen LogP contribution in [0.3, 0.4) is 0 Å². The normalized spacial score (nSPS) is 10.7. The molecule has 0 unspecified atom stereocenters. The lowest BCUT2D eigenvalue weighted by Crippen LogP contribution is -2.32.